The molecule has 0 fully saturated rings. The minimum absolute atomic E-state index is 0.000681. The van der Waals surface area contributed by atoms with Crippen LogP contribution < -0.4 is 26.6 Å². The van der Waals surface area contributed by atoms with Gasteiger partial charge in [-0.3, -0.25) is 24.0 Å². The maximum Gasteiger partial charge on any atom is 0.326 e. The first-order valence-electron chi connectivity index (χ1n) is 18.9. The number of anilines is 1. The molecule has 4 aromatic carbocycles. The van der Waals surface area contributed by atoms with Gasteiger partial charge < -0.3 is 31.7 Å². The Labute approximate surface area is 335 Å². The molecule has 0 aromatic heterocycles. The van der Waals surface area contributed by atoms with Crippen molar-refractivity contribution in [1.29, 1.82) is 0 Å². The number of carbonyl (C=O) groups is 6. The van der Waals surface area contributed by atoms with Crippen LogP contribution in [-0.4, -0.2) is 70.0 Å². The summed E-state index contributed by atoms with van der Waals surface area (Å²) >= 11 is 1.54. The van der Waals surface area contributed by atoms with E-state index < -0.39 is 59.7 Å². The van der Waals surface area contributed by atoms with Crippen LogP contribution in [0.25, 0.3) is 11.1 Å². The Morgan fingerprint density at radius 2 is 1.18 bits per heavy atom. The summed E-state index contributed by atoms with van der Waals surface area (Å²) in [4.78, 5) is 81.1. The number of hydrogen-bond donors (Lipinski definition) is 6. The second-order valence-electron chi connectivity index (χ2n) is 14.1. The van der Waals surface area contributed by atoms with Crippen molar-refractivity contribution in [3.63, 3.8) is 0 Å². The average molecular weight is 788 g/mol. The Hall–Kier alpha value is -6.21. The second-order valence-corrected chi connectivity index (χ2v) is 15.4. The fourth-order valence-corrected chi connectivity index (χ4v) is 7.71. The third-order valence-electron chi connectivity index (χ3n) is 9.84. The lowest BCUT2D eigenvalue weighted by Crippen LogP contribution is -2.59. The van der Waals surface area contributed by atoms with E-state index in [1.807, 2.05) is 72.1 Å². The predicted octanol–water partition coefficient (Wildman–Crippen LogP) is 4.55. The number of hydrogen-bond acceptors (Lipinski definition) is 7. The van der Waals surface area contributed by atoms with Gasteiger partial charge in [-0.2, -0.15) is 0 Å². The van der Waals surface area contributed by atoms with E-state index in [0.29, 0.717) is 17.7 Å². The summed E-state index contributed by atoms with van der Waals surface area (Å²) in [5.41, 5.74) is 4.44. The lowest BCUT2D eigenvalue weighted by molar-refractivity contribution is -0.142. The quantitative estimate of drug-likeness (QED) is 0.141. The molecule has 2 bridgehead atoms. The number of carboxylic acid groups (broad SMARTS) is 1. The number of carbonyl (C=O) groups excluding carboxylic acids is 5. The molecule has 5 amide bonds. The molecule has 5 atom stereocenters. The van der Waals surface area contributed by atoms with Gasteiger partial charge in [0.05, 0.1) is 0 Å². The SMILES string of the molecule is O=C1CCC(=O)N[C@H](CC2CC=CS2)C(=O)N[C@@H](Cc2ccc(-c3ccccc3)cc2)C(=O)N[C@@H](Cc2ccccc2)C(=O)N[C@@H](C(=O)O)Cc2ccc(cc2)N1. The molecular weight excluding hydrogens is 743 g/mol. The van der Waals surface area contributed by atoms with Gasteiger partial charge in [0.2, 0.25) is 29.5 Å². The minimum Gasteiger partial charge on any atom is -0.480 e. The van der Waals surface area contributed by atoms with Crippen LogP contribution in [0.3, 0.4) is 0 Å². The zero-order chi connectivity index (χ0) is 40.1. The van der Waals surface area contributed by atoms with Crippen molar-refractivity contribution < 1.29 is 33.9 Å². The fraction of sp³-hybridized carbons (Fsp3) is 0.273. The van der Waals surface area contributed by atoms with E-state index >= 15 is 0 Å². The lowest BCUT2D eigenvalue weighted by Gasteiger charge is -2.27. The normalized spacial score (nSPS) is 22.3. The van der Waals surface area contributed by atoms with Crippen LogP contribution in [0.4, 0.5) is 5.69 Å². The summed E-state index contributed by atoms with van der Waals surface area (Å²) in [6, 6.07) is 28.1. The van der Waals surface area contributed by atoms with Crippen molar-refractivity contribution in [3.05, 3.63) is 137 Å². The van der Waals surface area contributed by atoms with Crippen LogP contribution in [0.2, 0.25) is 0 Å². The highest BCUT2D eigenvalue weighted by Crippen LogP contribution is 2.28. The third-order valence-corrected chi connectivity index (χ3v) is 11.0. The van der Waals surface area contributed by atoms with Crippen LogP contribution in [0.5, 0.6) is 0 Å². The number of amides is 5. The van der Waals surface area contributed by atoms with Gasteiger partial charge >= 0.3 is 5.97 Å². The summed E-state index contributed by atoms with van der Waals surface area (Å²) in [5.74, 6) is -4.18. The molecule has 12 nitrogen and oxygen atoms in total. The Morgan fingerprint density at radius 3 is 1.79 bits per heavy atom. The van der Waals surface area contributed by atoms with Crippen LogP contribution in [0, 0.1) is 0 Å². The van der Waals surface area contributed by atoms with Gasteiger partial charge in [-0.05, 0) is 58.2 Å². The Balaban J connectivity index is 1.33. The van der Waals surface area contributed by atoms with E-state index in [1.165, 1.54) is 0 Å². The maximum atomic E-state index is 14.4. The molecule has 3 aliphatic heterocycles. The summed E-state index contributed by atoms with van der Waals surface area (Å²) < 4.78 is 0. The number of thioether (sulfide) groups is 1. The summed E-state index contributed by atoms with van der Waals surface area (Å²) in [6.07, 6.45) is 2.62. The average Bonchev–Trinajstić information content (AvgIpc) is 3.73. The smallest absolute Gasteiger partial charge is 0.326 e. The largest absolute Gasteiger partial charge is 0.480 e. The van der Waals surface area contributed by atoms with Gasteiger partial charge in [-0.1, -0.05) is 103 Å². The van der Waals surface area contributed by atoms with Gasteiger partial charge in [0.15, 0.2) is 0 Å². The van der Waals surface area contributed by atoms with E-state index in [4.69, 9.17) is 0 Å². The molecule has 57 heavy (non-hydrogen) atoms. The standard InChI is InChI=1S/C44H45N5O7S/c50-39-21-22-40(51)46-37(27-34-12-7-23-57-34)43(54)48-36(25-29-13-17-32(18-14-29)31-10-5-2-6-11-31)41(52)47-35(24-28-8-3-1-4-9-28)42(53)49-38(44(55)56)26-30-15-19-33(45-39)20-16-30/h1-11,13-20,23,34-38H,12,21-22,24-27H2,(H,45,50)(H,46,51)(H,47,52)(H,48,54)(H,49,53)(H,55,56)/t34?,35-,36-,37+,38+/m0/s1. The van der Waals surface area contributed by atoms with Gasteiger partial charge in [0, 0.05) is 43.0 Å². The molecule has 7 rings (SSSR count). The van der Waals surface area contributed by atoms with E-state index in [-0.39, 0.29) is 43.8 Å². The second kappa shape index (κ2) is 19.6. The molecular formula is C44H45N5O7S. The molecule has 1 unspecified atom stereocenters. The van der Waals surface area contributed by atoms with Gasteiger partial charge in [-0.15, -0.1) is 11.8 Å². The van der Waals surface area contributed by atoms with Crippen molar-refractivity contribution in [3.8, 4) is 11.1 Å². The van der Waals surface area contributed by atoms with E-state index in [1.54, 1.807) is 60.3 Å². The summed E-state index contributed by atoms with van der Waals surface area (Å²) in [7, 11) is 0. The van der Waals surface area contributed by atoms with E-state index in [0.717, 1.165) is 22.3 Å². The van der Waals surface area contributed by atoms with Gasteiger partial charge in [-0.25, -0.2) is 4.79 Å². The van der Waals surface area contributed by atoms with Gasteiger partial charge in [0.1, 0.15) is 24.2 Å². The molecule has 0 aliphatic carbocycles. The monoisotopic (exact) mass is 787 g/mol. The molecule has 4 aromatic rings. The first-order valence-corrected chi connectivity index (χ1v) is 19.8. The van der Waals surface area contributed by atoms with Crippen LogP contribution in [0.1, 0.15) is 42.4 Å². The van der Waals surface area contributed by atoms with Crippen LogP contribution in [0.15, 0.2) is 121 Å². The molecule has 294 valence electrons. The maximum absolute atomic E-state index is 14.4. The zero-order valence-corrected chi connectivity index (χ0v) is 32.0. The molecule has 0 saturated heterocycles. The number of aliphatic carboxylic acids is 1. The van der Waals surface area contributed by atoms with Crippen molar-refractivity contribution >= 4 is 53.0 Å². The first kappa shape index (κ1) is 40.5. The number of fused-ring (bicyclic) bond motifs is 18. The Bertz CT molecular complexity index is 2070. The minimum atomic E-state index is -1.35. The van der Waals surface area contributed by atoms with Gasteiger partial charge in [0.25, 0.3) is 0 Å². The summed E-state index contributed by atoms with van der Waals surface area (Å²) in [5, 5.41) is 25.9. The highest BCUT2D eigenvalue weighted by molar-refractivity contribution is 8.03. The van der Waals surface area contributed by atoms with Crippen molar-refractivity contribution in [2.45, 2.75) is 74.4 Å². The number of nitrogens with one attached hydrogen (secondary N) is 5. The molecule has 13 heteroatoms. The van der Waals surface area contributed by atoms with E-state index in [9.17, 15) is 33.9 Å². The van der Waals surface area contributed by atoms with Crippen molar-refractivity contribution in [2.75, 3.05) is 5.32 Å². The van der Waals surface area contributed by atoms with Crippen molar-refractivity contribution in [2.24, 2.45) is 0 Å². The molecule has 3 aliphatic rings. The highest BCUT2D eigenvalue weighted by atomic mass is 32.2. The fourth-order valence-electron chi connectivity index (χ4n) is 6.74. The van der Waals surface area contributed by atoms with Crippen molar-refractivity contribution in [1.82, 2.24) is 21.3 Å². The van der Waals surface area contributed by atoms with Crippen LogP contribution >= 0.6 is 11.8 Å². The van der Waals surface area contributed by atoms with Crippen LogP contribution in [-0.2, 0) is 48.0 Å². The number of allylic oxidation sites excluding steroid dienone is 1. The third kappa shape index (κ3) is 11.9. The molecule has 0 saturated carbocycles. The topological polar surface area (TPSA) is 183 Å². The lowest BCUT2D eigenvalue weighted by atomic mass is 9.99. The van der Waals surface area contributed by atoms with E-state index in [2.05, 4.69) is 26.6 Å². The zero-order valence-electron chi connectivity index (χ0n) is 31.2. The molecule has 6 N–H and O–H groups in total. The molecule has 0 spiro atoms. The highest BCUT2D eigenvalue weighted by Gasteiger charge is 2.33. The molecule has 3 heterocycles. The Morgan fingerprint density at radius 1 is 0.614 bits per heavy atom. The number of benzene rings is 4. The molecule has 0 radical (unpaired) electrons. The first-order chi connectivity index (χ1) is 27.6. The Kier molecular flexibility index (Phi) is 13.9. The number of carboxylic acids is 1. The number of rotatable bonds is 8. The summed E-state index contributed by atoms with van der Waals surface area (Å²) in [6.45, 7) is 0. The predicted molar refractivity (Wildman–Crippen MR) is 219 cm³/mol.